The van der Waals surface area contributed by atoms with E-state index in [-0.39, 0.29) is 6.61 Å². The van der Waals surface area contributed by atoms with Crippen molar-refractivity contribution in [2.75, 3.05) is 0 Å². The van der Waals surface area contributed by atoms with Crippen LogP contribution < -0.4 is 0 Å². The molecule has 4 nitrogen and oxygen atoms in total. The lowest BCUT2D eigenvalue weighted by molar-refractivity contribution is 0.160. The lowest BCUT2D eigenvalue weighted by Gasteiger charge is -2.13. The van der Waals surface area contributed by atoms with Crippen LogP contribution in [0.4, 0.5) is 0 Å². The Morgan fingerprint density at radius 1 is 1.00 bits per heavy atom. The van der Waals surface area contributed by atoms with Gasteiger partial charge in [0.05, 0.1) is 17.1 Å². The number of nitrogens with zero attached hydrogens (tertiary/aromatic N) is 2. The highest BCUT2D eigenvalue weighted by Crippen LogP contribution is 2.21. The van der Waals surface area contributed by atoms with E-state index in [1.165, 1.54) is 0 Å². The zero-order chi connectivity index (χ0) is 14.7. The third-order valence-corrected chi connectivity index (χ3v) is 3.69. The summed E-state index contributed by atoms with van der Waals surface area (Å²) < 4.78 is 1.97. The maximum absolute atomic E-state index is 10.3. The summed E-state index contributed by atoms with van der Waals surface area (Å²) in [5.74, 6) is 0.636. The number of hydrogen-bond acceptors (Lipinski definition) is 3. The van der Waals surface area contributed by atoms with Gasteiger partial charge in [-0.1, -0.05) is 42.5 Å². The summed E-state index contributed by atoms with van der Waals surface area (Å²) in [6, 6.07) is 17.4. The molecular formula is C17H18N2O2. The van der Waals surface area contributed by atoms with Gasteiger partial charge in [0.2, 0.25) is 0 Å². The fourth-order valence-electron chi connectivity index (χ4n) is 2.59. The average Bonchev–Trinajstić information content (AvgIpc) is 2.91. The number of fused-ring (bicyclic) bond motifs is 1. The number of aryl methyl sites for hydroxylation is 1. The van der Waals surface area contributed by atoms with Gasteiger partial charge in [0.15, 0.2) is 0 Å². The van der Waals surface area contributed by atoms with Crippen molar-refractivity contribution in [2.45, 2.75) is 25.7 Å². The van der Waals surface area contributed by atoms with Gasteiger partial charge in [0.1, 0.15) is 12.4 Å². The first-order chi connectivity index (χ1) is 10.3. The van der Waals surface area contributed by atoms with Gasteiger partial charge in [-0.3, -0.25) is 0 Å². The Labute approximate surface area is 123 Å². The standard InChI is InChI=1S/C17H18N2O2/c20-12-17-18-14-8-4-5-9-15(14)19(17)11-10-16(21)13-6-2-1-3-7-13/h1-9,16,20-21H,10-12H2. The van der Waals surface area contributed by atoms with Crippen molar-refractivity contribution in [2.24, 2.45) is 0 Å². The molecule has 2 aromatic carbocycles. The van der Waals surface area contributed by atoms with Crippen LogP contribution in [0, 0.1) is 0 Å². The quantitative estimate of drug-likeness (QED) is 0.756. The largest absolute Gasteiger partial charge is 0.388 e. The molecule has 2 N–H and O–H groups in total. The van der Waals surface area contributed by atoms with Crippen molar-refractivity contribution < 1.29 is 10.2 Å². The summed E-state index contributed by atoms with van der Waals surface area (Å²) in [7, 11) is 0. The monoisotopic (exact) mass is 282 g/mol. The zero-order valence-electron chi connectivity index (χ0n) is 11.7. The number of aromatic nitrogens is 2. The normalized spacial score (nSPS) is 12.7. The van der Waals surface area contributed by atoms with Gasteiger partial charge in [-0.2, -0.15) is 0 Å². The molecule has 0 radical (unpaired) electrons. The first-order valence-electron chi connectivity index (χ1n) is 7.07. The maximum Gasteiger partial charge on any atom is 0.135 e. The Hall–Kier alpha value is -2.17. The molecule has 108 valence electrons. The second-order valence-electron chi connectivity index (χ2n) is 5.04. The minimum Gasteiger partial charge on any atom is -0.388 e. The number of imidazole rings is 1. The second kappa shape index (κ2) is 6.08. The molecule has 4 heteroatoms. The van der Waals surface area contributed by atoms with E-state index in [0.717, 1.165) is 16.6 Å². The predicted octanol–water partition coefficient (Wildman–Crippen LogP) is 2.65. The van der Waals surface area contributed by atoms with E-state index >= 15 is 0 Å². The van der Waals surface area contributed by atoms with Crippen LogP contribution in [0.3, 0.4) is 0 Å². The second-order valence-corrected chi connectivity index (χ2v) is 5.04. The SMILES string of the molecule is OCc1nc2ccccc2n1CCC(O)c1ccccc1. The van der Waals surface area contributed by atoms with Crippen molar-refractivity contribution in [1.82, 2.24) is 9.55 Å². The van der Waals surface area contributed by atoms with Crippen molar-refractivity contribution in [3.05, 3.63) is 66.0 Å². The summed E-state index contributed by atoms with van der Waals surface area (Å²) in [6.07, 6.45) is 0.0658. The van der Waals surface area contributed by atoms with E-state index in [2.05, 4.69) is 4.98 Å². The molecule has 1 aromatic heterocycles. The topological polar surface area (TPSA) is 58.3 Å². The van der Waals surface area contributed by atoms with Crippen molar-refractivity contribution >= 4 is 11.0 Å². The number of benzene rings is 2. The fraction of sp³-hybridized carbons (Fsp3) is 0.235. The van der Waals surface area contributed by atoms with Gasteiger partial charge in [-0.05, 0) is 24.1 Å². The number of para-hydroxylation sites is 2. The minimum absolute atomic E-state index is 0.101. The smallest absolute Gasteiger partial charge is 0.135 e. The van der Waals surface area contributed by atoms with Crippen molar-refractivity contribution in [3.63, 3.8) is 0 Å². The van der Waals surface area contributed by atoms with Gasteiger partial charge in [-0.15, -0.1) is 0 Å². The van der Waals surface area contributed by atoms with Crippen LogP contribution in [0.25, 0.3) is 11.0 Å². The molecule has 1 atom stereocenters. The van der Waals surface area contributed by atoms with Crippen LogP contribution in [0.5, 0.6) is 0 Å². The van der Waals surface area contributed by atoms with E-state index in [0.29, 0.717) is 18.8 Å². The van der Waals surface area contributed by atoms with Crippen molar-refractivity contribution in [3.8, 4) is 0 Å². The molecule has 0 saturated heterocycles. The third kappa shape index (κ3) is 2.82. The van der Waals surface area contributed by atoms with E-state index in [4.69, 9.17) is 0 Å². The molecule has 0 bridgehead atoms. The fourth-order valence-corrected chi connectivity index (χ4v) is 2.59. The highest BCUT2D eigenvalue weighted by atomic mass is 16.3. The van der Waals surface area contributed by atoms with Crippen LogP contribution in [0.2, 0.25) is 0 Å². The van der Waals surface area contributed by atoms with E-state index < -0.39 is 6.10 Å². The molecular weight excluding hydrogens is 264 g/mol. The summed E-state index contributed by atoms with van der Waals surface area (Å²) in [4.78, 5) is 4.41. The Kier molecular flexibility index (Phi) is 3.99. The molecule has 1 heterocycles. The summed E-state index contributed by atoms with van der Waals surface area (Å²) in [5.41, 5.74) is 2.77. The lowest BCUT2D eigenvalue weighted by Crippen LogP contribution is -2.08. The van der Waals surface area contributed by atoms with E-state index in [9.17, 15) is 10.2 Å². The first-order valence-corrected chi connectivity index (χ1v) is 7.07. The summed E-state index contributed by atoms with van der Waals surface area (Å²) >= 11 is 0. The number of rotatable bonds is 5. The van der Waals surface area contributed by atoms with Gasteiger partial charge < -0.3 is 14.8 Å². The highest BCUT2D eigenvalue weighted by Gasteiger charge is 2.12. The van der Waals surface area contributed by atoms with Gasteiger partial charge in [0, 0.05) is 6.54 Å². The van der Waals surface area contributed by atoms with Crippen LogP contribution in [0.1, 0.15) is 23.9 Å². The number of aliphatic hydroxyl groups is 2. The molecule has 0 amide bonds. The predicted molar refractivity (Wildman–Crippen MR) is 81.7 cm³/mol. The van der Waals surface area contributed by atoms with Crippen LogP contribution in [-0.4, -0.2) is 19.8 Å². The molecule has 0 aliphatic carbocycles. The van der Waals surface area contributed by atoms with Crippen LogP contribution >= 0.6 is 0 Å². The molecule has 0 aliphatic heterocycles. The number of hydrogen-bond donors (Lipinski definition) is 2. The molecule has 3 rings (SSSR count). The molecule has 3 aromatic rings. The summed E-state index contributed by atoms with van der Waals surface area (Å²) in [6.45, 7) is 0.516. The number of aliphatic hydroxyl groups excluding tert-OH is 2. The molecule has 1 unspecified atom stereocenters. The van der Waals surface area contributed by atoms with E-state index in [1.54, 1.807) is 0 Å². The molecule has 0 saturated carbocycles. The third-order valence-electron chi connectivity index (χ3n) is 3.69. The van der Waals surface area contributed by atoms with Gasteiger partial charge in [-0.25, -0.2) is 4.98 Å². The van der Waals surface area contributed by atoms with Gasteiger partial charge >= 0.3 is 0 Å². The molecule has 0 fully saturated rings. The molecule has 21 heavy (non-hydrogen) atoms. The average molecular weight is 282 g/mol. The highest BCUT2D eigenvalue weighted by molar-refractivity contribution is 5.75. The Morgan fingerprint density at radius 2 is 1.71 bits per heavy atom. The maximum atomic E-state index is 10.3. The Balaban J connectivity index is 1.82. The van der Waals surface area contributed by atoms with Crippen LogP contribution in [0.15, 0.2) is 54.6 Å². The van der Waals surface area contributed by atoms with Crippen molar-refractivity contribution in [1.29, 1.82) is 0 Å². The van der Waals surface area contributed by atoms with E-state index in [1.807, 2.05) is 59.2 Å². The Morgan fingerprint density at radius 3 is 2.48 bits per heavy atom. The zero-order valence-corrected chi connectivity index (χ0v) is 11.7. The first kappa shape index (κ1) is 13.8. The molecule has 0 spiro atoms. The van der Waals surface area contributed by atoms with Gasteiger partial charge in [0.25, 0.3) is 0 Å². The molecule has 0 aliphatic rings. The Bertz CT molecular complexity index is 722. The summed E-state index contributed by atoms with van der Waals surface area (Å²) in [5, 5.41) is 19.7. The lowest BCUT2D eigenvalue weighted by atomic mass is 10.1. The minimum atomic E-state index is -0.515. The van der Waals surface area contributed by atoms with Crippen LogP contribution in [-0.2, 0) is 13.2 Å².